The zero-order valence-corrected chi connectivity index (χ0v) is 5.61. The molecule has 0 fully saturated rings. The van der Waals surface area contributed by atoms with Gasteiger partial charge >= 0.3 is 5.95 Å². The second-order valence-corrected chi connectivity index (χ2v) is 1.87. The van der Waals surface area contributed by atoms with Crippen molar-refractivity contribution in [2.45, 2.75) is 6.54 Å². The number of halogens is 1. The Bertz CT molecular complexity index is 260. The minimum absolute atomic E-state index is 0.0175. The number of alkyl halides is 1. The van der Waals surface area contributed by atoms with E-state index in [0.29, 0.717) is 0 Å². The van der Waals surface area contributed by atoms with Crippen LogP contribution in [-0.2, 0) is 6.54 Å². The molecule has 0 unspecified atom stereocenters. The smallest absolute Gasteiger partial charge is 0.390 e. The molecule has 0 aliphatic carbocycles. The Balaban J connectivity index is 2.87. The zero-order valence-electron chi connectivity index (χ0n) is 5.61. The average Bonchev–Trinajstić information content (AvgIpc) is 2.36. The third-order valence-corrected chi connectivity index (χ3v) is 1.18. The van der Waals surface area contributed by atoms with Gasteiger partial charge in [-0.05, 0) is 4.92 Å². The highest BCUT2D eigenvalue weighted by Gasteiger charge is 2.12. The van der Waals surface area contributed by atoms with E-state index < -0.39 is 11.6 Å². The number of aromatic nitrogens is 2. The van der Waals surface area contributed by atoms with Gasteiger partial charge in [0.15, 0.2) is 0 Å². The van der Waals surface area contributed by atoms with Crippen molar-refractivity contribution in [1.82, 2.24) is 9.55 Å². The van der Waals surface area contributed by atoms with Crippen LogP contribution in [0.25, 0.3) is 0 Å². The number of nitrogens with zero attached hydrogens (tertiary/aromatic N) is 3. The highest BCUT2D eigenvalue weighted by molar-refractivity contribution is 5.06. The van der Waals surface area contributed by atoms with Gasteiger partial charge in [0.05, 0.1) is 6.54 Å². The van der Waals surface area contributed by atoms with Crippen molar-refractivity contribution in [3.63, 3.8) is 0 Å². The quantitative estimate of drug-likeness (QED) is 0.482. The van der Waals surface area contributed by atoms with E-state index in [2.05, 4.69) is 4.98 Å². The maximum Gasteiger partial charge on any atom is 0.434 e. The lowest BCUT2D eigenvalue weighted by Gasteiger charge is -1.95. The van der Waals surface area contributed by atoms with Gasteiger partial charge in [-0.25, -0.2) is 8.96 Å². The molecular formula is C5H6FN3O2. The van der Waals surface area contributed by atoms with Gasteiger partial charge in [0.25, 0.3) is 0 Å². The van der Waals surface area contributed by atoms with E-state index >= 15 is 0 Å². The minimum Gasteiger partial charge on any atom is -0.390 e. The summed E-state index contributed by atoms with van der Waals surface area (Å²) in [5, 5.41) is 10.2. The van der Waals surface area contributed by atoms with E-state index in [1.807, 2.05) is 0 Å². The third-order valence-electron chi connectivity index (χ3n) is 1.18. The van der Waals surface area contributed by atoms with Crippen molar-refractivity contribution in [2.75, 3.05) is 6.67 Å². The van der Waals surface area contributed by atoms with Crippen molar-refractivity contribution in [1.29, 1.82) is 0 Å². The van der Waals surface area contributed by atoms with E-state index in [4.69, 9.17) is 0 Å². The van der Waals surface area contributed by atoms with Crippen LogP contribution in [0.1, 0.15) is 0 Å². The van der Waals surface area contributed by atoms with Crippen LogP contribution in [0.2, 0.25) is 0 Å². The normalized spacial score (nSPS) is 9.91. The Labute approximate surface area is 61.6 Å². The number of hydrogen-bond donors (Lipinski definition) is 0. The molecule has 0 atom stereocenters. The van der Waals surface area contributed by atoms with Gasteiger partial charge in [-0.2, -0.15) is 0 Å². The lowest BCUT2D eigenvalue weighted by molar-refractivity contribution is -0.396. The van der Waals surface area contributed by atoms with E-state index in [-0.39, 0.29) is 12.5 Å². The van der Waals surface area contributed by atoms with E-state index in [1.54, 1.807) is 0 Å². The van der Waals surface area contributed by atoms with Crippen LogP contribution in [-0.4, -0.2) is 21.1 Å². The predicted octanol–water partition coefficient (Wildman–Crippen LogP) is 0.761. The van der Waals surface area contributed by atoms with Crippen LogP contribution in [0, 0.1) is 10.1 Å². The molecule has 60 valence electrons. The van der Waals surface area contributed by atoms with E-state index in [9.17, 15) is 14.5 Å². The van der Waals surface area contributed by atoms with Gasteiger partial charge in [-0.3, -0.25) is 0 Å². The first-order valence-electron chi connectivity index (χ1n) is 2.97. The molecule has 0 amide bonds. The SMILES string of the molecule is O=[N+]([O-])c1nccn1CC[18F]. The minimum atomic E-state index is -0.643. The number of aryl methyl sites for hydroxylation is 1. The van der Waals surface area contributed by atoms with Crippen molar-refractivity contribution in [3.05, 3.63) is 22.5 Å². The first-order valence-corrected chi connectivity index (χ1v) is 2.97. The molecule has 0 aromatic carbocycles. The first kappa shape index (κ1) is 7.64. The maximum absolute atomic E-state index is 11.7. The number of hydrogen-bond acceptors (Lipinski definition) is 3. The molecule has 1 heterocycles. The standard InChI is InChI=1S/C5H6FN3O2/c6-1-3-8-4-2-7-5(8)9(10)11/h2,4H,1,3H2/i6-1. The molecule has 1 rings (SSSR count). The van der Waals surface area contributed by atoms with Crippen LogP contribution in [0.15, 0.2) is 12.4 Å². The van der Waals surface area contributed by atoms with Gasteiger partial charge in [0.2, 0.25) is 0 Å². The Hall–Kier alpha value is -1.46. The molecule has 0 radical (unpaired) electrons. The summed E-state index contributed by atoms with van der Waals surface area (Å²) in [5.41, 5.74) is 0. The molecule has 5 nitrogen and oxygen atoms in total. The summed E-state index contributed by atoms with van der Waals surface area (Å²) in [6, 6.07) is 0. The molecule has 0 aliphatic rings. The van der Waals surface area contributed by atoms with E-state index in [0.717, 1.165) is 4.57 Å². The van der Waals surface area contributed by atoms with Crippen molar-refractivity contribution >= 4 is 5.95 Å². The van der Waals surface area contributed by atoms with Gasteiger partial charge < -0.3 is 10.1 Å². The molecule has 1 aromatic rings. The number of nitro groups is 1. The summed E-state index contributed by atoms with van der Waals surface area (Å²) in [6.07, 6.45) is 2.64. The van der Waals surface area contributed by atoms with Gasteiger partial charge in [-0.15, -0.1) is 0 Å². The Morgan fingerprint density at radius 3 is 3.09 bits per heavy atom. The fourth-order valence-corrected chi connectivity index (χ4v) is 0.739. The topological polar surface area (TPSA) is 61.0 Å². The molecule has 0 N–H and O–H groups in total. The lowest BCUT2D eigenvalue weighted by Crippen LogP contribution is -2.03. The second kappa shape index (κ2) is 3.09. The summed E-state index contributed by atoms with van der Waals surface area (Å²) < 4.78 is 12.9. The zero-order chi connectivity index (χ0) is 8.27. The Morgan fingerprint density at radius 2 is 2.55 bits per heavy atom. The first-order chi connectivity index (χ1) is 5.25. The van der Waals surface area contributed by atoms with E-state index in [1.165, 1.54) is 12.4 Å². The molecule has 1 aromatic heterocycles. The average molecular weight is 158 g/mol. The molecule has 11 heavy (non-hydrogen) atoms. The van der Waals surface area contributed by atoms with Crippen molar-refractivity contribution < 1.29 is 9.31 Å². The molecule has 0 saturated carbocycles. The van der Waals surface area contributed by atoms with Crippen LogP contribution < -0.4 is 0 Å². The third kappa shape index (κ3) is 1.51. The molecule has 0 spiro atoms. The van der Waals surface area contributed by atoms with Crippen LogP contribution in [0.4, 0.5) is 10.3 Å². The largest absolute Gasteiger partial charge is 0.434 e. The van der Waals surface area contributed by atoms with Crippen LogP contribution >= 0.6 is 0 Å². The van der Waals surface area contributed by atoms with Gasteiger partial charge in [0.1, 0.15) is 19.1 Å². The molecule has 6 heteroatoms. The summed E-state index contributed by atoms with van der Waals surface area (Å²) in [4.78, 5) is 12.9. The number of imidazole rings is 1. The summed E-state index contributed by atoms with van der Waals surface area (Å²) in [6.45, 7) is -0.645. The maximum atomic E-state index is 11.7. The summed E-state index contributed by atoms with van der Waals surface area (Å²) >= 11 is 0. The lowest BCUT2D eigenvalue weighted by atomic mass is 10.7. The molecule has 0 aliphatic heterocycles. The summed E-state index contributed by atoms with van der Waals surface area (Å²) in [5.74, 6) is -0.317. The van der Waals surface area contributed by atoms with Crippen molar-refractivity contribution in [2.24, 2.45) is 0 Å². The van der Waals surface area contributed by atoms with Crippen molar-refractivity contribution in [3.8, 4) is 0 Å². The highest BCUT2D eigenvalue weighted by Crippen LogP contribution is 2.06. The van der Waals surface area contributed by atoms with Crippen LogP contribution in [0.5, 0.6) is 0 Å². The van der Waals surface area contributed by atoms with Gasteiger partial charge in [-0.1, -0.05) is 4.98 Å². The number of rotatable bonds is 3. The second-order valence-electron chi connectivity index (χ2n) is 1.87. The Morgan fingerprint density at radius 1 is 1.82 bits per heavy atom. The Kier molecular flexibility index (Phi) is 2.15. The molecule has 0 bridgehead atoms. The fraction of sp³-hybridized carbons (Fsp3) is 0.400. The fourth-order valence-electron chi connectivity index (χ4n) is 0.739. The van der Waals surface area contributed by atoms with Crippen LogP contribution in [0.3, 0.4) is 0 Å². The molecule has 0 saturated heterocycles. The highest BCUT2D eigenvalue weighted by atomic mass is 18.2. The molecular weight excluding hydrogens is 152 g/mol. The summed E-state index contributed by atoms with van der Waals surface area (Å²) in [7, 11) is 0. The monoisotopic (exact) mass is 158 g/mol. The predicted molar refractivity (Wildman–Crippen MR) is 34.9 cm³/mol. The van der Waals surface area contributed by atoms with Gasteiger partial charge in [0, 0.05) is 0 Å².